The first-order chi connectivity index (χ1) is 16.4. The van der Waals surface area contributed by atoms with Gasteiger partial charge in [-0.2, -0.15) is 5.10 Å². The highest BCUT2D eigenvalue weighted by atomic mass is 19.1. The highest BCUT2D eigenvalue weighted by Crippen LogP contribution is 2.31. The van der Waals surface area contributed by atoms with E-state index in [0.29, 0.717) is 34.7 Å². The first-order valence-corrected chi connectivity index (χ1v) is 12.3. The number of rotatable bonds is 5. The Morgan fingerprint density at radius 3 is 2.68 bits per heavy atom. The molecule has 1 saturated heterocycles. The van der Waals surface area contributed by atoms with Gasteiger partial charge in [0, 0.05) is 41.5 Å². The number of nitrogens with zero attached hydrogens (tertiary/aromatic N) is 4. The Kier molecular flexibility index (Phi) is 6.06. The molecule has 8 heteroatoms. The van der Waals surface area contributed by atoms with Crippen molar-refractivity contribution in [2.24, 2.45) is 5.92 Å². The molecule has 5 rings (SSSR count). The molecule has 3 heterocycles. The van der Waals surface area contributed by atoms with Crippen molar-refractivity contribution in [2.75, 3.05) is 11.9 Å². The monoisotopic (exact) mass is 463 g/mol. The van der Waals surface area contributed by atoms with Crippen LogP contribution in [0.1, 0.15) is 68.6 Å². The quantitative estimate of drug-likeness (QED) is 0.587. The van der Waals surface area contributed by atoms with Crippen LogP contribution < -0.4 is 5.32 Å². The van der Waals surface area contributed by atoms with Crippen LogP contribution in [0, 0.1) is 11.7 Å². The molecule has 1 aliphatic carbocycles. The lowest BCUT2D eigenvalue weighted by Gasteiger charge is -2.27. The third-order valence-electron chi connectivity index (χ3n) is 6.86. The third-order valence-corrected chi connectivity index (χ3v) is 6.86. The number of hydrogen-bond acceptors (Lipinski definition) is 4. The molecule has 1 saturated carbocycles. The first kappa shape index (κ1) is 22.5. The van der Waals surface area contributed by atoms with Crippen molar-refractivity contribution < 1.29 is 14.0 Å². The van der Waals surface area contributed by atoms with E-state index in [9.17, 15) is 14.0 Å². The van der Waals surface area contributed by atoms with Gasteiger partial charge in [-0.25, -0.2) is 13.9 Å². The molecule has 0 spiro atoms. The smallest absolute Gasteiger partial charge is 0.272 e. The molecule has 178 valence electrons. The largest absolute Gasteiger partial charge is 0.335 e. The zero-order valence-corrected chi connectivity index (χ0v) is 19.7. The van der Waals surface area contributed by atoms with E-state index < -0.39 is 5.82 Å². The number of hydrogen-bond donors (Lipinski definition) is 1. The second-order valence-corrected chi connectivity index (χ2v) is 9.44. The number of halogens is 1. The fraction of sp³-hybridized carbons (Fsp3) is 0.462. The molecule has 1 aromatic carbocycles. The van der Waals surface area contributed by atoms with Gasteiger partial charge < -0.3 is 10.2 Å². The summed E-state index contributed by atoms with van der Waals surface area (Å²) in [5, 5.41) is 7.36. The maximum absolute atomic E-state index is 15.0. The average Bonchev–Trinajstić information content (AvgIpc) is 3.62. The minimum atomic E-state index is -0.468. The second-order valence-electron chi connectivity index (χ2n) is 9.44. The summed E-state index contributed by atoms with van der Waals surface area (Å²) < 4.78 is 16.6. The summed E-state index contributed by atoms with van der Waals surface area (Å²) in [6.45, 7) is 4.84. The van der Waals surface area contributed by atoms with Gasteiger partial charge in [0.2, 0.25) is 5.91 Å². The van der Waals surface area contributed by atoms with E-state index in [4.69, 9.17) is 0 Å². The number of aromatic nitrogens is 3. The third kappa shape index (κ3) is 4.41. The van der Waals surface area contributed by atoms with Crippen LogP contribution in [-0.4, -0.2) is 43.9 Å². The van der Waals surface area contributed by atoms with Crippen LogP contribution in [0.4, 0.5) is 10.1 Å². The highest BCUT2D eigenvalue weighted by molar-refractivity contribution is 5.94. The SMILES string of the molecule is CCc1cc(C(=O)N2CCCCC[C@H]2C)nc2cc(-c3ccc(NC(=O)C4CC4)cc3F)nn12. The predicted molar refractivity (Wildman–Crippen MR) is 128 cm³/mol. The van der Waals surface area contributed by atoms with E-state index in [2.05, 4.69) is 22.3 Å². The normalized spacial score (nSPS) is 18.7. The standard InChI is InChI=1S/C26H30FN5O2/c1-3-19-14-23(26(34)31-12-6-4-5-7-16(31)2)29-24-15-22(30-32(19)24)20-11-10-18(13-21(20)27)28-25(33)17-8-9-17/h10-11,13-17H,3-9,12H2,1-2H3,(H,28,33)/t16-/m1/s1. The van der Waals surface area contributed by atoms with Crippen molar-refractivity contribution in [3.8, 4) is 11.3 Å². The van der Waals surface area contributed by atoms with Crippen LogP contribution >= 0.6 is 0 Å². The maximum atomic E-state index is 15.0. The highest BCUT2D eigenvalue weighted by Gasteiger charge is 2.30. The van der Waals surface area contributed by atoms with Crippen LogP contribution in [-0.2, 0) is 11.2 Å². The van der Waals surface area contributed by atoms with Crippen LogP contribution in [0.2, 0.25) is 0 Å². The van der Waals surface area contributed by atoms with Gasteiger partial charge >= 0.3 is 0 Å². The molecule has 2 amide bonds. The van der Waals surface area contributed by atoms with Crippen molar-refractivity contribution >= 4 is 23.1 Å². The Hall–Kier alpha value is -3.29. The van der Waals surface area contributed by atoms with Crippen LogP contribution in [0.15, 0.2) is 30.3 Å². The lowest BCUT2D eigenvalue weighted by atomic mass is 10.1. The van der Waals surface area contributed by atoms with Gasteiger partial charge in [0.05, 0.1) is 5.69 Å². The van der Waals surface area contributed by atoms with Crippen molar-refractivity contribution in [3.63, 3.8) is 0 Å². The molecular weight excluding hydrogens is 433 g/mol. The van der Waals surface area contributed by atoms with E-state index in [-0.39, 0.29) is 23.8 Å². The van der Waals surface area contributed by atoms with Gasteiger partial charge in [-0.1, -0.05) is 19.8 Å². The van der Waals surface area contributed by atoms with Crippen molar-refractivity contribution in [1.82, 2.24) is 19.5 Å². The number of nitrogens with one attached hydrogen (secondary N) is 1. The molecule has 1 atom stereocenters. The van der Waals surface area contributed by atoms with Gasteiger partial charge in [0.1, 0.15) is 11.5 Å². The van der Waals surface area contributed by atoms with Gasteiger partial charge in [-0.3, -0.25) is 9.59 Å². The molecule has 0 radical (unpaired) electrons. The Labute approximate surface area is 198 Å². The molecule has 0 bridgehead atoms. The minimum absolute atomic E-state index is 0.0499. The van der Waals surface area contributed by atoms with Gasteiger partial charge in [0.15, 0.2) is 5.65 Å². The number of amides is 2. The number of likely N-dealkylation sites (tertiary alicyclic amines) is 1. The fourth-order valence-electron chi connectivity index (χ4n) is 4.64. The molecule has 3 aromatic rings. The Morgan fingerprint density at radius 2 is 1.94 bits per heavy atom. The summed E-state index contributed by atoms with van der Waals surface area (Å²) >= 11 is 0. The Balaban J connectivity index is 1.46. The van der Waals surface area contributed by atoms with Crippen LogP contribution in [0.25, 0.3) is 16.9 Å². The summed E-state index contributed by atoms with van der Waals surface area (Å²) in [6, 6.07) is 8.33. The van der Waals surface area contributed by atoms with Gasteiger partial charge in [0.25, 0.3) is 5.91 Å². The number of benzene rings is 1. The molecule has 7 nitrogen and oxygen atoms in total. The van der Waals surface area contributed by atoms with E-state index >= 15 is 0 Å². The molecule has 1 aliphatic heterocycles. The number of anilines is 1. The molecule has 34 heavy (non-hydrogen) atoms. The van der Waals surface area contributed by atoms with E-state index in [1.807, 2.05) is 11.8 Å². The Bertz CT molecular complexity index is 1250. The zero-order chi connectivity index (χ0) is 23.8. The zero-order valence-electron chi connectivity index (χ0n) is 19.7. The lowest BCUT2D eigenvalue weighted by Crippen LogP contribution is -2.38. The average molecular weight is 464 g/mol. The van der Waals surface area contributed by atoms with Gasteiger partial charge in [-0.15, -0.1) is 0 Å². The Morgan fingerprint density at radius 1 is 1.12 bits per heavy atom. The number of carbonyl (C=O) groups excluding carboxylic acids is 2. The summed E-state index contributed by atoms with van der Waals surface area (Å²) in [5.74, 6) is -0.539. The van der Waals surface area contributed by atoms with Crippen molar-refractivity contribution in [1.29, 1.82) is 0 Å². The topological polar surface area (TPSA) is 79.6 Å². The summed E-state index contributed by atoms with van der Waals surface area (Å²) in [4.78, 5) is 31.8. The molecule has 2 aliphatic rings. The van der Waals surface area contributed by atoms with Crippen molar-refractivity contribution in [2.45, 2.75) is 64.8 Å². The van der Waals surface area contributed by atoms with Crippen LogP contribution in [0.3, 0.4) is 0 Å². The van der Waals surface area contributed by atoms with Crippen molar-refractivity contribution in [3.05, 3.63) is 47.5 Å². The summed E-state index contributed by atoms with van der Waals surface area (Å²) in [6.07, 6.45) is 6.72. The van der Waals surface area contributed by atoms with E-state index in [0.717, 1.165) is 50.8 Å². The first-order valence-electron chi connectivity index (χ1n) is 12.3. The predicted octanol–water partition coefficient (Wildman–Crippen LogP) is 4.85. The van der Waals surface area contributed by atoms with Gasteiger partial charge in [-0.05, 0) is 63.3 Å². The molecule has 2 fully saturated rings. The fourth-order valence-corrected chi connectivity index (χ4v) is 4.64. The number of aryl methyl sites for hydroxylation is 1. The number of fused-ring (bicyclic) bond motifs is 1. The summed E-state index contributed by atoms with van der Waals surface area (Å²) in [7, 11) is 0. The molecule has 1 N–H and O–H groups in total. The van der Waals surface area contributed by atoms with E-state index in [1.54, 1.807) is 28.8 Å². The second kappa shape index (κ2) is 9.16. The molecular formula is C26H30FN5O2. The minimum Gasteiger partial charge on any atom is -0.335 e. The molecule has 2 aromatic heterocycles. The maximum Gasteiger partial charge on any atom is 0.272 e. The van der Waals surface area contributed by atoms with E-state index in [1.165, 1.54) is 6.07 Å². The summed E-state index contributed by atoms with van der Waals surface area (Å²) in [5.41, 5.74) is 2.97. The lowest BCUT2D eigenvalue weighted by molar-refractivity contribution is -0.117. The van der Waals surface area contributed by atoms with Crippen LogP contribution in [0.5, 0.6) is 0 Å². The molecule has 0 unspecified atom stereocenters. The number of carbonyl (C=O) groups is 2.